The van der Waals surface area contributed by atoms with Crippen LogP contribution in [0, 0.1) is 17.1 Å². The normalized spacial score (nSPS) is 17.1. The number of carbonyl (C=O) groups excluding carboxylic acids is 1. The number of anilines is 1. The fourth-order valence-corrected chi connectivity index (χ4v) is 5.39. The molecular formula is C27H23ClFN3O. The molecule has 0 bridgehead atoms. The number of hydrogen-bond acceptors (Lipinski definition) is 3. The van der Waals surface area contributed by atoms with Crippen LogP contribution in [0.3, 0.4) is 0 Å². The summed E-state index contributed by atoms with van der Waals surface area (Å²) in [6.07, 6.45) is 1.62. The Morgan fingerprint density at radius 2 is 1.79 bits per heavy atom. The summed E-state index contributed by atoms with van der Waals surface area (Å²) in [5.74, 6) is -0.443. The maximum atomic E-state index is 14.3. The third-order valence-electron chi connectivity index (χ3n) is 6.98. The molecule has 6 heteroatoms. The topological polar surface area (TPSA) is 47.3 Å². The van der Waals surface area contributed by atoms with E-state index in [4.69, 9.17) is 11.6 Å². The average Bonchev–Trinajstić information content (AvgIpc) is 3.14. The van der Waals surface area contributed by atoms with Gasteiger partial charge in [0.2, 0.25) is 0 Å². The van der Waals surface area contributed by atoms with Gasteiger partial charge in [0.1, 0.15) is 5.82 Å². The lowest BCUT2D eigenvalue weighted by atomic mass is 9.74. The van der Waals surface area contributed by atoms with Crippen LogP contribution < -0.4 is 4.90 Å². The summed E-state index contributed by atoms with van der Waals surface area (Å²) >= 11 is 6.31. The van der Waals surface area contributed by atoms with Gasteiger partial charge in [0.05, 0.1) is 22.2 Å². The smallest absolute Gasteiger partial charge is 0.259 e. The van der Waals surface area contributed by atoms with Crippen LogP contribution in [0.1, 0.15) is 39.9 Å². The number of nitriles is 1. The molecule has 3 aromatic rings. The summed E-state index contributed by atoms with van der Waals surface area (Å²) in [6, 6.07) is 21.7. The van der Waals surface area contributed by atoms with Gasteiger partial charge in [-0.15, -0.1) is 0 Å². The Morgan fingerprint density at radius 3 is 2.55 bits per heavy atom. The minimum absolute atomic E-state index is 0.157. The lowest BCUT2D eigenvalue weighted by Crippen LogP contribution is -2.45. The number of amides is 1. The second-order valence-corrected chi connectivity index (χ2v) is 9.27. The molecule has 2 aliphatic rings. The zero-order valence-corrected chi connectivity index (χ0v) is 18.9. The highest BCUT2D eigenvalue weighted by atomic mass is 35.5. The summed E-state index contributed by atoms with van der Waals surface area (Å²) in [5.41, 5.74) is 3.55. The van der Waals surface area contributed by atoms with E-state index < -0.39 is 0 Å². The van der Waals surface area contributed by atoms with E-state index in [0.29, 0.717) is 29.2 Å². The second kappa shape index (κ2) is 8.62. The van der Waals surface area contributed by atoms with E-state index in [1.54, 1.807) is 41.3 Å². The third kappa shape index (κ3) is 3.90. The van der Waals surface area contributed by atoms with Gasteiger partial charge in [-0.1, -0.05) is 41.9 Å². The van der Waals surface area contributed by atoms with Gasteiger partial charge in [0.15, 0.2) is 0 Å². The fourth-order valence-electron chi connectivity index (χ4n) is 5.18. The van der Waals surface area contributed by atoms with Gasteiger partial charge in [-0.2, -0.15) is 5.26 Å². The number of carbonyl (C=O) groups is 1. The van der Waals surface area contributed by atoms with Gasteiger partial charge in [0.25, 0.3) is 5.91 Å². The first-order chi connectivity index (χ1) is 16.0. The van der Waals surface area contributed by atoms with Crippen LogP contribution in [0.25, 0.3) is 0 Å². The van der Waals surface area contributed by atoms with Gasteiger partial charge in [-0.05, 0) is 73.5 Å². The Hall–Kier alpha value is -3.20. The summed E-state index contributed by atoms with van der Waals surface area (Å²) in [7, 11) is 0. The van der Waals surface area contributed by atoms with Crippen molar-refractivity contribution in [2.45, 2.75) is 24.8 Å². The Labute approximate surface area is 197 Å². The zero-order valence-electron chi connectivity index (χ0n) is 18.1. The van der Waals surface area contributed by atoms with E-state index in [0.717, 1.165) is 42.7 Å². The van der Waals surface area contributed by atoms with Crippen LogP contribution in [0.4, 0.5) is 10.1 Å². The molecule has 1 saturated heterocycles. The quantitative estimate of drug-likeness (QED) is 0.516. The van der Waals surface area contributed by atoms with E-state index in [-0.39, 0.29) is 17.1 Å². The SMILES string of the molecule is N#Cc1ccccc1CN1CCC2(CC1)CN(C(=O)c1ccccc1Cl)c1ccc(F)cc12. The number of likely N-dealkylation sites (tertiary alicyclic amines) is 1. The molecule has 166 valence electrons. The van der Waals surface area contributed by atoms with Crippen molar-refractivity contribution in [1.82, 2.24) is 4.90 Å². The van der Waals surface area contributed by atoms with E-state index in [9.17, 15) is 14.4 Å². The van der Waals surface area contributed by atoms with Crippen molar-refractivity contribution in [3.05, 3.63) is 99.8 Å². The van der Waals surface area contributed by atoms with E-state index in [1.165, 1.54) is 6.07 Å². The monoisotopic (exact) mass is 459 g/mol. The molecule has 5 rings (SSSR count). The third-order valence-corrected chi connectivity index (χ3v) is 7.31. The Kier molecular flexibility index (Phi) is 5.65. The van der Waals surface area contributed by atoms with Crippen LogP contribution in [-0.4, -0.2) is 30.4 Å². The van der Waals surface area contributed by atoms with Crippen molar-refractivity contribution in [1.29, 1.82) is 5.26 Å². The molecular weight excluding hydrogens is 437 g/mol. The number of rotatable bonds is 3. The molecule has 0 aromatic heterocycles. The van der Waals surface area contributed by atoms with Crippen molar-refractivity contribution in [2.75, 3.05) is 24.5 Å². The van der Waals surface area contributed by atoms with Gasteiger partial charge < -0.3 is 4.90 Å². The van der Waals surface area contributed by atoms with Crippen LogP contribution in [0.5, 0.6) is 0 Å². The van der Waals surface area contributed by atoms with Crippen molar-refractivity contribution in [2.24, 2.45) is 0 Å². The first-order valence-corrected chi connectivity index (χ1v) is 11.5. The van der Waals surface area contributed by atoms with Gasteiger partial charge in [-0.25, -0.2) is 4.39 Å². The van der Waals surface area contributed by atoms with E-state index in [1.807, 2.05) is 24.3 Å². The highest BCUT2D eigenvalue weighted by Crippen LogP contribution is 2.48. The molecule has 0 unspecified atom stereocenters. The molecule has 0 saturated carbocycles. The summed E-state index contributed by atoms with van der Waals surface area (Å²) < 4.78 is 14.3. The van der Waals surface area contributed by atoms with E-state index >= 15 is 0 Å². The number of hydrogen-bond donors (Lipinski definition) is 0. The van der Waals surface area contributed by atoms with Crippen molar-refractivity contribution >= 4 is 23.2 Å². The zero-order chi connectivity index (χ0) is 23.0. The predicted octanol–water partition coefficient (Wildman–Crippen LogP) is 5.54. The Bertz CT molecular complexity index is 1260. The Balaban J connectivity index is 1.40. The molecule has 1 fully saturated rings. The maximum Gasteiger partial charge on any atom is 0.259 e. The second-order valence-electron chi connectivity index (χ2n) is 8.86. The summed E-state index contributed by atoms with van der Waals surface area (Å²) in [4.78, 5) is 17.5. The van der Waals surface area contributed by atoms with Gasteiger partial charge >= 0.3 is 0 Å². The largest absolute Gasteiger partial charge is 0.307 e. The van der Waals surface area contributed by atoms with Crippen LogP contribution in [0.15, 0.2) is 66.7 Å². The fraction of sp³-hybridized carbons (Fsp3) is 0.259. The molecule has 0 N–H and O–H groups in total. The highest BCUT2D eigenvalue weighted by molar-refractivity contribution is 6.34. The molecule has 2 aliphatic heterocycles. The predicted molar refractivity (Wildman–Crippen MR) is 127 cm³/mol. The van der Waals surface area contributed by atoms with Gasteiger partial charge in [0, 0.05) is 24.2 Å². The Morgan fingerprint density at radius 1 is 1.06 bits per heavy atom. The van der Waals surface area contributed by atoms with Crippen molar-refractivity contribution in [3.8, 4) is 6.07 Å². The van der Waals surface area contributed by atoms with Gasteiger partial charge in [-0.3, -0.25) is 9.69 Å². The maximum absolute atomic E-state index is 14.3. The first-order valence-electron chi connectivity index (χ1n) is 11.1. The van der Waals surface area contributed by atoms with Crippen LogP contribution >= 0.6 is 11.6 Å². The number of nitrogens with zero attached hydrogens (tertiary/aromatic N) is 3. The highest BCUT2D eigenvalue weighted by Gasteiger charge is 2.46. The molecule has 2 heterocycles. The molecule has 1 spiro atoms. The summed E-state index contributed by atoms with van der Waals surface area (Å²) in [5, 5.41) is 9.81. The first kappa shape index (κ1) is 21.6. The number of halogens is 2. The van der Waals surface area contributed by atoms with Crippen LogP contribution in [0.2, 0.25) is 5.02 Å². The van der Waals surface area contributed by atoms with E-state index in [2.05, 4.69) is 11.0 Å². The molecule has 0 atom stereocenters. The standard InChI is InChI=1S/C27H23ClFN3O/c28-24-8-4-3-7-22(24)26(33)32-18-27(23-15-21(29)9-10-25(23)32)11-13-31(14-12-27)17-20-6-2-1-5-19(20)16-30/h1-10,15H,11-14,17-18H2. The molecule has 0 aliphatic carbocycles. The van der Waals surface area contributed by atoms with Crippen LogP contribution in [-0.2, 0) is 12.0 Å². The lowest BCUT2D eigenvalue weighted by Gasteiger charge is -2.40. The number of benzene rings is 3. The molecule has 1 amide bonds. The molecule has 3 aromatic carbocycles. The molecule has 0 radical (unpaired) electrons. The van der Waals surface area contributed by atoms with Crippen molar-refractivity contribution < 1.29 is 9.18 Å². The lowest BCUT2D eigenvalue weighted by molar-refractivity contribution is 0.0975. The number of piperidine rings is 1. The molecule has 4 nitrogen and oxygen atoms in total. The minimum Gasteiger partial charge on any atom is -0.307 e. The minimum atomic E-state index is -0.292. The molecule has 33 heavy (non-hydrogen) atoms. The number of fused-ring (bicyclic) bond motifs is 2. The van der Waals surface area contributed by atoms with Crippen molar-refractivity contribution in [3.63, 3.8) is 0 Å². The average molecular weight is 460 g/mol. The summed E-state index contributed by atoms with van der Waals surface area (Å²) in [6.45, 7) is 2.84.